The zero-order valence-electron chi connectivity index (χ0n) is 11.0. The van der Waals surface area contributed by atoms with Crippen LogP contribution in [0.4, 0.5) is 13.2 Å². The summed E-state index contributed by atoms with van der Waals surface area (Å²) in [5.41, 5.74) is -0.784. The average Bonchev–Trinajstić information content (AvgIpc) is 2.82. The number of aliphatic hydroxyl groups is 1. The lowest BCUT2D eigenvalue weighted by molar-refractivity contribution is -0.274. The molecule has 1 aliphatic heterocycles. The van der Waals surface area contributed by atoms with Crippen molar-refractivity contribution in [3.63, 3.8) is 0 Å². The van der Waals surface area contributed by atoms with Gasteiger partial charge >= 0.3 is 6.36 Å². The fourth-order valence-electron chi connectivity index (χ4n) is 2.04. The van der Waals surface area contributed by atoms with Crippen molar-refractivity contribution < 1.29 is 27.8 Å². The molecule has 2 rings (SSSR count). The van der Waals surface area contributed by atoms with Gasteiger partial charge in [0.05, 0.1) is 5.60 Å². The van der Waals surface area contributed by atoms with Crippen molar-refractivity contribution in [1.82, 2.24) is 10.6 Å². The highest BCUT2D eigenvalue weighted by Gasteiger charge is 2.32. The van der Waals surface area contributed by atoms with Crippen LogP contribution in [-0.2, 0) is 0 Å². The molecular weight excluding hydrogens is 289 g/mol. The van der Waals surface area contributed by atoms with Crippen LogP contribution in [0.5, 0.6) is 5.75 Å². The van der Waals surface area contributed by atoms with Crippen LogP contribution in [0.2, 0.25) is 0 Å². The molecule has 1 heterocycles. The van der Waals surface area contributed by atoms with Crippen LogP contribution in [0, 0.1) is 0 Å². The first kappa shape index (κ1) is 15.6. The molecule has 3 N–H and O–H groups in total. The molecular formula is C13H15F3N2O3. The lowest BCUT2D eigenvalue weighted by Crippen LogP contribution is -2.44. The van der Waals surface area contributed by atoms with Gasteiger partial charge in [-0.2, -0.15) is 0 Å². The molecule has 0 spiro atoms. The molecule has 0 aromatic heterocycles. The number of nitrogens with one attached hydrogen (secondary N) is 2. The molecule has 5 nitrogen and oxygen atoms in total. The summed E-state index contributed by atoms with van der Waals surface area (Å²) in [5.74, 6) is -0.855. The highest BCUT2D eigenvalue weighted by molar-refractivity contribution is 5.94. The largest absolute Gasteiger partial charge is 0.573 e. The Bertz CT molecular complexity index is 496. The van der Waals surface area contributed by atoms with E-state index in [9.17, 15) is 23.1 Å². The fraction of sp³-hybridized carbons (Fsp3) is 0.462. The first-order valence-electron chi connectivity index (χ1n) is 6.35. The van der Waals surface area contributed by atoms with Crippen LogP contribution in [0.25, 0.3) is 0 Å². The molecule has 0 saturated carbocycles. The molecule has 1 aromatic carbocycles. The molecule has 21 heavy (non-hydrogen) atoms. The summed E-state index contributed by atoms with van der Waals surface area (Å²) in [6.45, 7) is 1.15. The van der Waals surface area contributed by atoms with Crippen LogP contribution in [0.3, 0.4) is 0 Å². The van der Waals surface area contributed by atoms with Gasteiger partial charge in [0, 0.05) is 18.7 Å². The van der Waals surface area contributed by atoms with Gasteiger partial charge in [-0.25, -0.2) is 0 Å². The first-order chi connectivity index (χ1) is 9.77. The highest BCUT2D eigenvalue weighted by Crippen LogP contribution is 2.22. The fourth-order valence-corrected chi connectivity index (χ4v) is 2.04. The van der Waals surface area contributed by atoms with Crippen molar-refractivity contribution in [2.75, 3.05) is 19.6 Å². The van der Waals surface area contributed by atoms with E-state index in [1.807, 2.05) is 0 Å². The smallest absolute Gasteiger partial charge is 0.406 e. The van der Waals surface area contributed by atoms with Crippen LogP contribution in [-0.4, -0.2) is 42.6 Å². The predicted molar refractivity (Wildman–Crippen MR) is 67.9 cm³/mol. The first-order valence-corrected chi connectivity index (χ1v) is 6.35. The Morgan fingerprint density at radius 3 is 2.57 bits per heavy atom. The number of benzene rings is 1. The Balaban J connectivity index is 1.90. The third-order valence-corrected chi connectivity index (χ3v) is 3.15. The van der Waals surface area contributed by atoms with E-state index in [0.717, 1.165) is 12.1 Å². The van der Waals surface area contributed by atoms with Gasteiger partial charge in [-0.05, 0) is 37.2 Å². The number of halogens is 3. The van der Waals surface area contributed by atoms with Gasteiger partial charge in [0.25, 0.3) is 5.91 Å². The zero-order chi connectivity index (χ0) is 15.5. The number of carbonyl (C=O) groups excluding carboxylic acids is 1. The van der Waals surface area contributed by atoms with Crippen LogP contribution in [0.15, 0.2) is 24.3 Å². The zero-order valence-corrected chi connectivity index (χ0v) is 11.0. The van der Waals surface area contributed by atoms with Crippen LogP contribution < -0.4 is 15.4 Å². The van der Waals surface area contributed by atoms with Crippen molar-refractivity contribution >= 4 is 5.91 Å². The second kappa shape index (κ2) is 5.90. The molecule has 116 valence electrons. The highest BCUT2D eigenvalue weighted by atomic mass is 19.4. The Labute approximate surface area is 119 Å². The summed E-state index contributed by atoms with van der Waals surface area (Å²) in [6.07, 6.45) is -4.23. The van der Waals surface area contributed by atoms with Crippen LogP contribution in [0.1, 0.15) is 16.8 Å². The maximum Gasteiger partial charge on any atom is 0.573 e. The average molecular weight is 304 g/mol. The summed E-state index contributed by atoms with van der Waals surface area (Å²) < 4.78 is 39.7. The minimum absolute atomic E-state index is 0.0830. The predicted octanol–water partition coefficient (Wildman–Crippen LogP) is 1.04. The molecule has 1 atom stereocenters. The van der Waals surface area contributed by atoms with E-state index in [-0.39, 0.29) is 12.1 Å². The van der Waals surface area contributed by atoms with E-state index in [0.29, 0.717) is 19.5 Å². The van der Waals surface area contributed by atoms with Crippen molar-refractivity contribution in [2.24, 2.45) is 0 Å². The minimum atomic E-state index is -4.76. The van der Waals surface area contributed by atoms with Gasteiger partial charge in [-0.15, -0.1) is 13.2 Å². The molecule has 0 radical (unpaired) electrons. The third kappa shape index (κ3) is 4.61. The molecule has 8 heteroatoms. The summed E-state index contributed by atoms with van der Waals surface area (Å²) in [5, 5.41) is 15.6. The maximum atomic E-state index is 12.0. The van der Waals surface area contributed by atoms with E-state index in [1.54, 1.807) is 0 Å². The molecule has 1 unspecified atom stereocenters. The molecule has 1 aliphatic rings. The number of β-amino-alcohol motifs (C(OH)–C–C–N with tert-alkyl or cyclic N) is 1. The maximum absolute atomic E-state index is 12.0. The summed E-state index contributed by atoms with van der Waals surface area (Å²) in [7, 11) is 0. The summed E-state index contributed by atoms with van der Waals surface area (Å²) >= 11 is 0. The number of amides is 1. The van der Waals surface area contributed by atoms with E-state index in [4.69, 9.17) is 0 Å². The van der Waals surface area contributed by atoms with Crippen molar-refractivity contribution in [3.05, 3.63) is 29.8 Å². The van der Waals surface area contributed by atoms with Crippen molar-refractivity contribution in [1.29, 1.82) is 0 Å². The Kier molecular flexibility index (Phi) is 4.38. The number of hydrogen-bond acceptors (Lipinski definition) is 4. The van der Waals surface area contributed by atoms with Gasteiger partial charge in [-0.1, -0.05) is 0 Å². The SMILES string of the molecule is O=C(NCC1(O)CCNC1)c1ccc(OC(F)(F)F)cc1. The normalized spacial score (nSPS) is 22.1. The van der Waals surface area contributed by atoms with E-state index >= 15 is 0 Å². The lowest BCUT2D eigenvalue weighted by atomic mass is 10.0. The van der Waals surface area contributed by atoms with E-state index in [2.05, 4.69) is 15.4 Å². The summed E-state index contributed by atoms with van der Waals surface area (Å²) in [4.78, 5) is 11.8. The van der Waals surface area contributed by atoms with E-state index in [1.165, 1.54) is 12.1 Å². The molecule has 0 aliphatic carbocycles. The Hall–Kier alpha value is -1.80. The molecule has 1 amide bonds. The minimum Gasteiger partial charge on any atom is -0.406 e. The topological polar surface area (TPSA) is 70.6 Å². The number of carbonyl (C=O) groups is 1. The van der Waals surface area contributed by atoms with Crippen LogP contribution >= 0.6 is 0 Å². The quantitative estimate of drug-likeness (QED) is 0.777. The van der Waals surface area contributed by atoms with Gasteiger partial charge in [0.15, 0.2) is 0 Å². The number of ether oxygens (including phenoxy) is 1. The van der Waals surface area contributed by atoms with Crippen molar-refractivity contribution in [2.45, 2.75) is 18.4 Å². The monoisotopic (exact) mass is 304 g/mol. The van der Waals surface area contributed by atoms with Gasteiger partial charge in [-0.3, -0.25) is 4.79 Å². The van der Waals surface area contributed by atoms with Crippen molar-refractivity contribution in [3.8, 4) is 5.75 Å². The van der Waals surface area contributed by atoms with Gasteiger partial charge < -0.3 is 20.5 Å². The van der Waals surface area contributed by atoms with Gasteiger partial charge in [0.2, 0.25) is 0 Å². The second-order valence-corrected chi connectivity index (χ2v) is 4.91. The Morgan fingerprint density at radius 1 is 1.38 bits per heavy atom. The number of alkyl halides is 3. The lowest BCUT2D eigenvalue weighted by Gasteiger charge is -2.21. The molecule has 1 fully saturated rings. The molecule has 0 bridgehead atoms. The molecule has 1 aromatic rings. The molecule has 1 saturated heterocycles. The second-order valence-electron chi connectivity index (χ2n) is 4.91. The third-order valence-electron chi connectivity index (χ3n) is 3.15. The van der Waals surface area contributed by atoms with E-state index < -0.39 is 23.6 Å². The number of hydrogen-bond donors (Lipinski definition) is 3. The summed E-state index contributed by atoms with van der Waals surface area (Å²) in [6, 6.07) is 4.59. The standard InChI is InChI=1S/C13H15F3N2O3/c14-13(15,16)21-10-3-1-9(2-4-10)11(19)18-8-12(20)5-6-17-7-12/h1-4,17,20H,5-8H2,(H,18,19). The van der Waals surface area contributed by atoms with Gasteiger partial charge in [0.1, 0.15) is 5.75 Å². The number of rotatable bonds is 4. The Morgan fingerprint density at radius 2 is 2.05 bits per heavy atom.